The molecule has 0 saturated heterocycles. The van der Waals surface area contributed by atoms with Crippen molar-refractivity contribution in [3.63, 3.8) is 0 Å². The minimum atomic E-state index is -0.317. The Balaban J connectivity index is 2.11. The lowest BCUT2D eigenvalue weighted by atomic mass is 10.2. The molecule has 1 aliphatic heterocycles. The van der Waals surface area contributed by atoms with Crippen LogP contribution in [0, 0.1) is 0 Å². The summed E-state index contributed by atoms with van der Waals surface area (Å²) in [5.74, 6) is 1.62. The van der Waals surface area contributed by atoms with Crippen LogP contribution in [0.4, 0.5) is 0 Å². The number of ether oxygens (including phenoxy) is 1. The van der Waals surface area contributed by atoms with Crippen LogP contribution in [0.2, 0.25) is 0 Å². The Kier molecular flexibility index (Phi) is 3.11. The number of carbonyl (C=O) groups is 1. The van der Waals surface area contributed by atoms with Gasteiger partial charge in [-0.2, -0.15) is 0 Å². The summed E-state index contributed by atoms with van der Waals surface area (Å²) in [6.07, 6.45) is 1.69. The summed E-state index contributed by atoms with van der Waals surface area (Å²) in [5.41, 5.74) is 0. The van der Waals surface area contributed by atoms with Crippen LogP contribution in [0.1, 0.15) is 6.42 Å². The predicted octanol–water partition coefficient (Wildman–Crippen LogP) is 2.68. The molecule has 15 heavy (non-hydrogen) atoms. The van der Waals surface area contributed by atoms with Gasteiger partial charge in [0.15, 0.2) is 11.9 Å². The molecule has 0 spiro atoms. The number of carbonyl (C=O) groups excluding carboxylic acids is 1. The van der Waals surface area contributed by atoms with Gasteiger partial charge in [-0.3, -0.25) is 4.79 Å². The van der Waals surface area contributed by atoms with Gasteiger partial charge in [0, 0.05) is 17.1 Å². The fourth-order valence-corrected chi connectivity index (χ4v) is 2.47. The molecule has 1 unspecified atom stereocenters. The quantitative estimate of drug-likeness (QED) is 0.733. The summed E-state index contributed by atoms with van der Waals surface area (Å²) in [4.78, 5) is 12.7. The van der Waals surface area contributed by atoms with Gasteiger partial charge in [-0.15, -0.1) is 18.3 Å². The van der Waals surface area contributed by atoms with Crippen molar-refractivity contribution in [2.45, 2.75) is 17.4 Å². The Labute approximate surface area is 93.3 Å². The van der Waals surface area contributed by atoms with Crippen LogP contribution < -0.4 is 4.74 Å². The fourth-order valence-electron chi connectivity index (χ4n) is 1.45. The Morgan fingerprint density at radius 1 is 1.60 bits per heavy atom. The maximum Gasteiger partial charge on any atom is 0.177 e. The van der Waals surface area contributed by atoms with Crippen LogP contribution in [-0.2, 0) is 4.79 Å². The molecular formula is C12H12O2S. The van der Waals surface area contributed by atoms with Gasteiger partial charge in [0.2, 0.25) is 0 Å². The minimum absolute atomic E-state index is 0.104. The molecule has 1 heterocycles. The Bertz CT molecular complexity index is 387. The average molecular weight is 220 g/mol. The van der Waals surface area contributed by atoms with E-state index in [4.69, 9.17) is 4.74 Å². The zero-order valence-electron chi connectivity index (χ0n) is 8.31. The number of Topliss-reactive ketones (excluding diaryl/α,β-unsaturated/α-hetero) is 1. The van der Waals surface area contributed by atoms with Gasteiger partial charge in [-0.1, -0.05) is 18.2 Å². The van der Waals surface area contributed by atoms with E-state index in [2.05, 4.69) is 6.58 Å². The van der Waals surface area contributed by atoms with Crippen LogP contribution in [-0.4, -0.2) is 17.6 Å². The van der Waals surface area contributed by atoms with E-state index in [0.29, 0.717) is 12.2 Å². The highest BCUT2D eigenvalue weighted by atomic mass is 32.2. The normalized spacial score (nSPS) is 18.8. The van der Waals surface area contributed by atoms with Crippen molar-refractivity contribution in [3.05, 3.63) is 36.9 Å². The second-order valence-electron chi connectivity index (χ2n) is 3.32. The van der Waals surface area contributed by atoms with E-state index in [1.54, 1.807) is 17.8 Å². The van der Waals surface area contributed by atoms with Crippen LogP contribution >= 0.6 is 11.8 Å². The molecule has 1 aliphatic rings. The van der Waals surface area contributed by atoms with Crippen molar-refractivity contribution in [3.8, 4) is 5.75 Å². The summed E-state index contributed by atoms with van der Waals surface area (Å²) < 4.78 is 5.63. The molecule has 78 valence electrons. The first-order valence-corrected chi connectivity index (χ1v) is 5.82. The van der Waals surface area contributed by atoms with Crippen molar-refractivity contribution >= 4 is 17.5 Å². The Morgan fingerprint density at radius 3 is 3.20 bits per heavy atom. The summed E-state index contributed by atoms with van der Waals surface area (Å²) in [6.45, 7) is 3.56. The fraction of sp³-hybridized carbons (Fsp3) is 0.250. The molecule has 1 aromatic rings. The second kappa shape index (κ2) is 4.53. The van der Waals surface area contributed by atoms with Crippen LogP contribution in [0.15, 0.2) is 41.8 Å². The number of hydrogen-bond donors (Lipinski definition) is 0. The molecule has 1 atom stereocenters. The maximum absolute atomic E-state index is 11.6. The van der Waals surface area contributed by atoms with Crippen LogP contribution in [0.5, 0.6) is 5.75 Å². The lowest BCUT2D eigenvalue weighted by Crippen LogP contribution is -2.31. The molecule has 0 aromatic heterocycles. The van der Waals surface area contributed by atoms with Gasteiger partial charge in [0.05, 0.1) is 0 Å². The zero-order valence-corrected chi connectivity index (χ0v) is 9.13. The molecule has 0 amide bonds. The average Bonchev–Trinajstić information content (AvgIpc) is 2.29. The third-order valence-electron chi connectivity index (χ3n) is 2.21. The number of ketones is 1. The van der Waals surface area contributed by atoms with Gasteiger partial charge < -0.3 is 4.74 Å². The van der Waals surface area contributed by atoms with E-state index in [1.165, 1.54) is 0 Å². The number of rotatable bonds is 3. The molecule has 1 aromatic carbocycles. The molecule has 0 aliphatic carbocycles. The molecule has 0 bridgehead atoms. The van der Waals surface area contributed by atoms with E-state index < -0.39 is 0 Å². The highest BCUT2D eigenvalue weighted by Gasteiger charge is 2.24. The van der Waals surface area contributed by atoms with Crippen molar-refractivity contribution in [1.82, 2.24) is 0 Å². The van der Waals surface area contributed by atoms with Gasteiger partial charge in [0.1, 0.15) is 5.75 Å². The van der Waals surface area contributed by atoms with E-state index in [9.17, 15) is 4.79 Å². The number of allylic oxidation sites excluding steroid dienone is 1. The van der Waals surface area contributed by atoms with Gasteiger partial charge in [-0.25, -0.2) is 0 Å². The molecule has 0 radical (unpaired) electrons. The topological polar surface area (TPSA) is 26.3 Å². The third-order valence-corrected chi connectivity index (χ3v) is 3.33. The molecule has 3 heteroatoms. The summed E-state index contributed by atoms with van der Waals surface area (Å²) in [5, 5.41) is 0. The highest BCUT2D eigenvalue weighted by Crippen LogP contribution is 2.35. The lowest BCUT2D eigenvalue weighted by molar-refractivity contribution is -0.124. The summed E-state index contributed by atoms with van der Waals surface area (Å²) in [6, 6.07) is 7.80. The van der Waals surface area contributed by atoms with E-state index in [-0.39, 0.29) is 11.9 Å². The first-order chi connectivity index (χ1) is 7.31. The van der Waals surface area contributed by atoms with Crippen LogP contribution in [0.3, 0.4) is 0 Å². The number of fused-ring (bicyclic) bond motifs is 1. The molecular weight excluding hydrogens is 208 g/mol. The van der Waals surface area contributed by atoms with Crippen LogP contribution in [0.25, 0.3) is 0 Å². The largest absolute Gasteiger partial charge is 0.481 e. The molecule has 0 N–H and O–H groups in total. The predicted molar refractivity (Wildman–Crippen MR) is 61.4 cm³/mol. The second-order valence-corrected chi connectivity index (χ2v) is 4.39. The van der Waals surface area contributed by atoms with Gasteiger partial charge in [0.25, 0.3) is 0 Å². The smallest absolute Gasteiger partial charge is 0.177 e. The lowest BCUT2D eigenvalue weighted by Gasteiger charge is -2.24. The number of benzene rings is 1. The summed E-state index contributed by atoms with van der Waals surface area (Å²) >= 11 is 1.67. The first-order valence-electron chi connectivity index (χ1n) is 4.83. The first kappa shape index (κ1) is 10.3. The van der Waals surface area contributed by atoms with E-state index in [0.717, 1.165) is 10.6 Å². The minimum Gasteiger partial charge on any atom is -0.481 e. The number of thioether (sulfide) groups is 1. The van der Waals surface area contributed by atoms with Crippen molar-refractivity contribution in [1.29, 1.82) is 0 Å². The Hall–Kier alpha value is -1.22. The number of para-hydroxylation sites is 1. The number of hydrogen-bond acceptors (Lipinski definition) is 3. The molecule has 2 nitrogen and oxygen atoms in total. The highest BCUT2D eigenvalue weighted by molar-refractivity contribution is 7.99. The zero-order chi connectivity index (χ0) is 10.7. The third kappa shape index (κ3) is 2.23. The summed E-state index contributed by atoms with van der Waals surface area (Å²) in [7, 11) is 0. The molecule has 0 fully saturated rings. The van der Waals surface area contributed by atoms with Crippen molar-refractivity contribution in [2.75, 3.05) is 5.75 Å². The van der Waals surface area contributed by atoms with Crippen molar-refractivity contribution in [2.24, 2.45) is 0 Å². The standard InChI is InChI=1S/C12H12O2S/c1-2-5-9(13)11-8-15-12-7-4-3-6-10(12)14-11/h2-4,6-7,11H,1,5,8H2. The van der Waals surface area contributed by atoms with E-state index in [1.807, 2.05) is 24.3 Å². The monoisotopic (exact) mass is 220 g/mol. The molecule has 2 rings (SSSR count). The van der Waals surface area contributed by atoms with Crippen molar-refractivity contribution < 1.29 is 9.53 Å². The maximum atomic E-state index is 11.6. The van der Waals surface area contributed by atoms with Gasteiger partial charge in [-0.05, 0) is 12.1 Å². The van der Waals surface area contributed by atoms with E-state index >= 15 is 0 Å². The van der Waals surface area contributed by atoms with Gasteiger partial charge >= 0.3 is 0 Å². The Morgan fingerprint density at radius 2 is 2.40 bits per heavy atom. The molecule has 0 saturated carbocycles. The SMILES string of the molecule is C=CCC(=O)C1CSc2ccccc2O1.